The van der Waals surface area contributed by atoms with Crippen molar-refractivity contribution in [1.29, 1.82) is 0 Å². The Labute approximate surface area is 360 Å². The minimum atomic E-state index is 1.08. The third-order valence-corrected chi connectivity index (χ3v) is 12.8. The van der Waals surface area contributed by atoms with E-state index < -0.39 is 0 Å². The fraction of sp³-hybridized carbons (Fsp3) is 0. The number of rotatable bonds is 4. The van der Waals surface area contributed by atoms with Crippen LogP contribution in [-0.2, 0) is 0 Å². The molecule has 290 valence electrons. The molecule has 11 aromatic rings. The van der Waals surface area contributed by atoms with Gasteiger partial charge in [0.1, 0.15) is 0 Å². The second-order valence-corrected chi connectivity index (χ2v) is 16.1. The van der Waals surface area contributed by atoms with Crippen molar-refractivity contribution >= 4 is 55.9 Å². The van der Waals surface area contributed by atoms with Crippen molar-refractivity contribution in [3.8, 4) is 56.1 Å². The first-order chi connectivity index (χ1) is 30.8. The lowest BCUT2D eigenvalue weighted by atomic mass is 9.98. The summed E-state index contributed by atoms with van der Waals surface area (Å²) in [5.41, 5.74) is 21.0. The predicted octanol–water partition coefficient (Wildman–Crippen LogP) is 15.8. The lowest BCUT2D eigenvalue weighted by Crippen LogP contribution is -2.14. The Morgan fingerprint density at radius 3 is 1.00 bits per heavy atom. The molecule has 0 fully saturated rings. The zero-order valence-corrected chi connectivity index (χ0v) is 33.7. The molecule has 9 aromatic carbocycles. The van der Waals surface area contributed by atoms with E-state index in [0.717, 1.165) is 45.5 Å². The zero-order valence-electron chi connectivity index (χ0n) is 33.7. The second kappa shape index (κ2) is 13.6. The molecule has 0 bridgehead atoms. The molecule has 2 aliphatic heterocycles. The van der Waals surface area contributed by atoms with Crippen LogP contribution in [0.5, 0.6) is 0 Å². The van der Waals surface area contributed by atoms with Crippen LogP contribution in [0.4, 0.5) is 34.1 Å². The number of hydrogen-bond acceptors (Lipinski definition) is 2. The van der Waals surface area contributed by atoms with Gasteiger partial charge in [0, 0.05) is 66.9 Å². The van der Waals surface area contributed by atoms with E-state index in [1.54, 1.807) is 0 Å². The summed E-state index contributed by atoms with van der Waals surface area (Å²) in [6, 6.07) is 84.1. The lowest BCUT2D eigenvalue weighted by molar-refractivity contribution is 1.13. The Morgan fingerprint density at radius 1 is 0.242 bits per heavy atom. The minimum absolute atomic E-state index is 1.08. The SMILES string of the molecule is c1ccc(-n2c3c(c4ccccc42)-c2ccccc2N(c2cccc(N4c5ccccc5-c5c(n(-c6ccccc6)c6ccccc56)-c5ccccc54)c2)c2ccccc2-3)cc1. The van der Waals surface area contributed by atoms with Gasteiger partial charge in [-0.25, -0.2) is 0 Å². The van der Waals surface area contributed by atoms with E-state index in [0.29, 0.717) is 0 Å². The molecule has 0 aliphatic carbocycles. The number of nitrogens with zero attached hydrogens (tertiary/aromatic N) is 4. The van der Waals surface area contributed by atoms with Gasteiger partial charge in [0.2, 0.25) is 0 Å². The number of aromatic nitrogens is 2. The third-order valence-electron chi connectivity index (χ3n) is 12.8. The van der Waals surface area contributed by atoms with Gasteiger partial charge >= 0.3 is 0 Å². The molecule has 4 heterocycles. The molecule has 0 saturated heterocycles. The van der Waals surface area contributed by atoms with Crippen molar-refractivity contribution in [3.63, 3.8) is 0 Å². The number of benzene rings is 9. The van der Waals surface area contributed by atoms with Gasteiger partial charge < -0.3 is 18.9 Å². The maximum Gasteiger partial charge on any atom is 0.0641 e. The van der Waals surface area contributed by atoms with Gasteiger partial charge in [-0.3, -0.25) is 0 Å². The van der Waals surface area contributed by atoms with Crippen LogP contribution in [0.25, 0.3) is 77.9 Å². The van der Waals surface area contributed by atoms with E-state index in [-0.39, 0.29) is 0 Å². The standard InChI is InChI=1S/C58H38N4/c1-3-20-39(21-4-1)61-51-34-15-9-28-45(51)55-43-26-7-13-32-49(43)59(53-36-17-11-30-47(53)57(55)61)41-24-19-25-42(38-41)60-50-33-14-8-27-44(50)56-46-29-10-16-35-52(46)62(40-22-5-2-6-23-40)58(56)48-31-12-18-37-54(48)60/h1-38H. The molecule has 0 N–H and O–H groups in total. The highest BCUT2D eigenvalue weighted by molar-refractivity contribution is 6.15. The second-order valence-electron chi connectivity index (χ2n) is 16.1. The quantitative estimate of drug-likeness (QED) is 0.177. The number of para-hydroxylation sites is 8. The largest absolute Gasteiger partial charge is 0.309 e. The normalized spacial score (nSPS) is 12.5. The highest BCUT2D eigenvalue weighted by Gasteiger charge is 2.34. The minimum Gasteiger partial charge on any atom is -0.309 e. The van der Waals surface area contributed by atoms with Crippen molar-refractivity contribution in [2.75, 3.05) is 9.80 Å². The average molecular weight is 791 g/mol. The smallest absolute Gasteiger partial charge is 0.0641 e. The van der Waals surface area contributed by atoms with Gasteiger partial charge in [-0.05, 0) is 78.9 Å². The van der Waals surface area contributed by atoms with E-state index >= 15 is 0 Å². The fourth-order valence-corrected chi connectivity index (χ4v) is 10.3. The lowest BCUT2D eigenvalue weighted by Gasteiger charge is -2.31. The van der Waals surface area contributed by atoms with Crippen molar-refractivity contribution in [1.82, 2.24) is 9.13 Å². The Bertz CT molecular complexity index is 3310. The van der Waals surface area contributed by atoms with Crippen LogP contribution in [0, 0.1) is 0 Å². The average Bonchev–Trinajstić information content (AvgIpc) is 3.78. The summed E-state index contributed by atoms with van der Waals surface area (Å²) in [4.78, 5) is 4.94. The Kier molecular flexibility index (Phi) is 7.57. The van der Waals surface area contributed by atoms with Gasteiger partial charge in [0.25, 0.3) is 0 Å². The van der Waals surface area contributed by atoms with Crippen molar-refractivity contribution in [2.24, 2.45) is 0 Å². The predicted molar refractivity (Wildman–Crippen MR) is 258 cm³/mol. The Hall–Kier alpha value is -8.34. The maximum absolute atomic E-state index is 2.47. The molecule has 2 aromatic heterocycles. The molecule has 0 spiro atoms. The van der Waals surface area contributed by atoms with E-state index in [1.165, 1.54) is 66.6 Å². The van der Waals surface area contributed by atoms with Gasteiger partial charge in [0.15, 0.2) is 0 Å². The summed E-state index contributed by atoms with van der Waals surface area (Å²) in [6.07, 6.45) is 0. The molecule has 62 heavy (non-hydrogen) atoms. The summed E-state index contributed by atoms with van der Waals surface area (Å²) in [7, 11) is 0. The molecule has 2 aliphatic rings. The first-order valence-electron chi connectivity index (χ1n) is 21.3. The number of anilines is 6. The van der Waals surface area contributed by atoms with Crippen LogP contribution in [0.15, 0.2) is 231 Å². The molecule has 4 nitrogen and oxygen atoms in total. The highest BCUT2D eigenvalue weighted by Crippen LogP contribution is 2.57. The van der Waals surface area contributed by atoms with Gasteiger partial charge in [-0.2, -0.15) is 0 Å². The monoisotopic (exact) mass is 790 g/mol. The maximum atomic E-state index is 2.47. The van der Waals surface area contributed by atoms with E-state index in [9.17, 15) is 0 Å². The van der Waals surface area contributed by atoms with Gasteiger partial charge in [0.05, 0.1) is 45.2 Å². The molecule has 4 heteroatoms. The summed E-state index contributed by atoms with van der Waals surface area (Å²) in [5, 5.41) is 2.46. The molecule has 0 radical (unpaired) electrons. The Balaban J connectivity index is 1.06. The van der Waals surface area contributed by atoms with Gasteiger partial charge in [-0.15, -0.1) is 0 Å². The van der Waals surface area contributed by atoms with E-state index in [4.69, 9.17) is 0 Å². The van der Waals surface area contributed by atoms with Crippen LogP contribution in [0.2, 0.25) is 0 Å². The van der Waals surface area contributed by atoms with E-state index in [1.807, 2.05) is 0 Å². The van der Waals surface area contributed by atoms with E-state index in [2.05, 4.69) is 249 Å². The number of fused-ring (bicyclic) bond motifs is 14. The molecule has 0 atom stereocenters. The summed E-state index contributed by atoms with van der Waals surface area (Å²) in [6.45, 7) is 0. The molecule has 0 unspecified atom stereocenters. The summed E-state index contributed by atoms with van der Waals surface area (Å²) in [5.74, 6) is 0. The Morgan fingerprint density at radius 2 is 0.565 bits per heavy atom. The first-order valence-corrected chi connectivity index (χ1v) is 21.3. The van der Waals surface area contributed by atoms with Crippen molar-refractivity contribution in [3.05, 3.63) is 231 Å². The molecular formula is C58H38N4. The highest BCUT2D eigenvalue weighted by atomic mass is 15.2. The van der Waals surface area contributed by atoms with Crippen LogP contribution >= 0.6 is 0 Å². The molecule has 0 saturated carbocycles. The topological polar surface area (TPSA) is 16.3 Å². The summed E-state index contributed by atoms with van der Waals surface area (Å²) < 4.78 is 4.91. The summed E-state index contributed by atoms with van der Waals surface area (Å²) >= 11 is 0. The van der Waals surface area contributed by atoms with Crippen LogP contribution < -0.4 is 9.80 Å². The fourth-order valence-electron chi connectivity index (χ4n) is 10.3. The van der Waals surface area contributed by atoms with Crippen LogP contribution in [0.1, 0.15) is 0 Å². The third kappa shape index (κ3) is 4.95. The van der Waals surface area contributed by atoms with Crippen molar-refractivity contribution < 1.29 is 0 Å². The van der Waals surface area contributed by atoms with Crippen LogP contribution in [0.3, 0.4) is 0 Å². The molecular weight excluding hydrogens is 753 g/mol. The molecule has 13 rings (SSSR count). The number of hydrogen-bond donors (Lipinski definition) is 0. The van der Waals surface area contributed by atoms with Gasteiger partial charge in [-0.1, -0.05) is 152 Å². The zero-order chi connectivity index (χ0) is 40.7. The first kappa shape index (κ1) is 34.5. The molecule has 0 amide bonds. The van der Waals surface area contributed by atoms with Crippen molar-refractivity contribution in [2.45, 2.75) is 0 Å². The van der Waals surface area contributed by atoms with Crippen LogP contribution in [-0.4, -0.2) is 9.13 Å².